The second kappa shape index (κ2) is 6.86. The van der Waals surface area contributed by atoms with Gasteiger partial charge in [-0.1, -0.05) is 6.07 Å². The monoisotopic (exact) mass is 252 g/mol. The number of nitrogens with two attached hydrogens (primary N) is 1. The second-order valence-electron chi connectivity index (χ2n) is 4.04. The fourth-order valence-electron chi connectivity index (χ4n) is 1.61. The predicted molar refractivity (Wildman–Crippen MR) is 69.9 cm³/mol. The van der Waals surface area contributed by atoms with E-state index in [9.17, 15) is 4.79 Å². The van der Waals surface area contributed by atoms with E-state index in [1.54, 1.807) is 14.2 Å². The van der Waals surface area contributed by atoms with Crippen molar-refractivity contribution in [3.05, 3.63) is 23.8 Å². The van der Waals surface area contributed by atoms with Gasteiger partial charge in [-0.2, -0.15) is 0 Å². The molecule has 100 valence electrons. The number of primary amides is 1. The number of ether oxygens (including phenoxy) is 2. The highest BCUT2D eigenvalue weighted by Crippen LogP contribution is 2.27. The van der Waals surface area contributed by atoms with Crippen molar-refractivity contribution in [2.24, 2.45) is 5.73 Å². The van der Waals surface area contributed by atoms with Crippen LogP contribution >= 0.6 is 0 Å². The summed E-state index contributed by atoms with van der Waals surface area (Å²) in [6, 6.07) is 5.33. The summed E-state index contributed by atoms with van der Waals surface area (Å²) in [7, 11) is 3.29. The lowest BCUT2D eigenvalue weighted by Crippen LogP contribution is -2.40. The largest absolute Gasteiger partial charge is 0.493 e. The highest BCUT2D eigenvalue weighted by Gasteiger charge is 2.13. The fraction of sp³-hybridized carbons (Fsp3) is 0.462. The van der Waals surface area contributed by atoms with Crippen LogP contribution in [0.15, 0.2) is 18.2 Å². The first-order chi connectivity index (χ1) is 8.58. The van der Waals surface area contributed by atoms with E-state index in [-0.39, 0.29) is 11.9 Å². The molecular weight excluding hydrogens is 232 g/mol. The van der Waals surface area contributed by atoms with E-state index >= 15 is 0 Å². The minimum atomic E-state index is -0.378. The highest BCUT2D eigenvalue weighted by molar-refractivity contribution is 5.79. The number of methoxy groups -OCH3 is 1. The molecule has 1 aromatic rings. The maximum atomic E-state index is 11.0. The number of nitrogens with one attached hydrogen (secondary N) is 1. The Morgan fingerprint density at radius 1 is 1.44 bits per heavy atom. The molecule has 0 aliphatic heterocycles. The van der Waals surface area contributed by atoms with Crippen molar-refractivity contribution in [3.8, 4) is 11.5 Å². The number of aryl methyl sites for hydroxylation is 1. The van der Waals surface area contributed by atoms with Gasteiger partial charge in [-0.15, -0.1) is 0 Å². The van der Waals surface area contributed by atoms with Crippen LogP contribution in [0.5, 0.6) is 11.5 Å². The van der Waals surface area contributed by atoms with Crippen molar-refractivity contribution in [2.45, 2.75) is 19.4 Å². The van der Waals surface area contributed by atoms with Gasteiger partial charge in [-0.25, -0.2) is 0 Å². The molecule has 0 fully saturated rings. The first kappa shape index (κ1) is 14.3. The zero-order valence-electron chi connectivity index (χ0n) is 11.0. The summed E-state index contributed by atoms with van der Waals surface area (Å²) in [5, 5.41) is 2.84. The number of likely N-dealkylation sites (N-methyl/N-ethyl adjacent to an activating group) is 1. The molecule has 0 aliphatic rings. The molecule has 1 unspecified atom stereocenters. The van der Waals surface area contributed by atoms with Crippen molar-refractivity contribution >= 4 is 5.91 Å². The van der Waals surface area contributed by atoms with Gasteiger partial charge in [0.15, 0.2) is 11.5 Å². The van der Waals surface area contributed by atoms with Crippen LogP contribution in [0.25, 0.3) is 0 Å². The first-order valence-electron chi connectivity index (χ1n) is 5.82. The lowest BCUT2D eigenvalue weighted by atomic mass is 10.2. The zero-order valence-corrected chi connectivity index (χ0v) is 11.0. The van der Waals surface area contributed by atoms with E-state index in [0.717, 1.165) is 5.56 Å². The van der Waals surface area contributed by atoms with Gasteiger partial charge in [-0.05, 0) is 31.7 Å². The summed E-state index contributed by atoms with van der Waals surface area (Å²) in [5.41, 5.74) is 6.32. The van der Waals surface area contributed by atoms with Crippen molar-refractivity contribution < 1.29 is 14.3 Å². The number of carbonyl (C=O) groups excluding carboxylic acids is 1. The van der Waals surface area contributed by atoms with Gasteiger partial charge < -0.3 is 20.5 Å². The molecule has 0 heterocycles. The third-order valence-electron chi connectivity index (χ3n) is 2.68. The molecule has 0 aromatic heterocycles. The smallest absolute Gasteiger partial charge is 0.234 e. The van der Waals surface area contributed by atoms with Crippen LogP contribution in [0.1, 0.15) is 12.0 Å². The molecule has 0 aliphatic carbocycles. The van der Waals surface area contributed by atoms with Crippen LogP contribution in [0.3, 0.4) is 0 Å². The molecular formula is C13H20N2O3. The van der Waals surface area contributed by atoms with Crippen molar-refractivity contribution in [1.29, 1.82) is 0 Å². The number of hydrogen-bond donors (Lipinski definition) is 2. The third-order valence-corrected chi connectivity index (χ3v) is 2.68. The maximum absolute atomic E-state index is 11.0. The zero-order chi connectivity index (χ0) is 13.5. The van der Waals surface area contributed by atoms with Gasteiger partial charge in [0, 0.05) is 6.42 Å². The lowest BCUT2D eigenvalue weighted by Gasteiger charge is -2.14. The summed E-state index contributed by atoms with van der Waals surface area (Å²) in [4.78, 5) is 11.0. The summed E-state index contributed by atoms with van der Waals surface area (Å²) < 4.78 is 10.8. The SMILES string of the molecule is CNC(CCOc1ccc(C)cc1OC)C(N)=O. The highest BCUT2D eigenvalue weighted by atomic mass is 16.5. The van der Waals surface area contributed by atoms with E-state index in [1.807, 2.05) is 25.1 Å². The molecule has 0 saturated carbocycles. The summed E-state index contributed by atoms with van der Waals surface area (Å²) in [6.45, 7) is 2.38. The molecule has 1 rings (SSSR count). The van der Waals surface area contributed by atoms with Crippen LogP contribution < -0.4 is 20.5 Å². The van der Waals surface area contributed by atoms with Gasteiger partial charge in [0.1, 0.15) is 0 Å². The average Bonchev–Trinajstić information content (AvgIpc) is 2.35. The number of hydrogen-bond acceptors (Lipinski definition) is 4. The Hall–Kier alpha value is -1.75. The molecule has 3 N–H and O–H groups in total. The number of amides is 1. The molecule has 0 radical (unpaired) electrons. The van der Waals surface area contributed by atoms with Gasteiger partial charge in [0.2, 0.25) is 5.91 Å². The number of carbonyl (C=O) groups is 1. The van der Waals surface area contributed by atoms with Crippen molar-refractivity contribution in [1.82, 2.24) is 5.32 Å². The Bertz CT molecular complexity index is 407. The molecule has 1 amide bonds. The van der Waals surface area contributed by atoms with Crippen LogP contribution in [0, 0.1) is 6.92 Å². The van der Waals surface area contributed by atoms with Gasteiger partial charge in [-0.3, -0.25) is 4.79 Å². The Balaban J connectivity index is 2.55. The summed E-state index contributed by atoms with van der Waals surface area (Å²) >= 11 is 0. The maximum Gasteiger partial charge on any atom is 0.234 e. The summed E-state index contributed by atoms with van der Waals surface area (Å²) in [6.07, 6.45) is 0.517. The van der Waals surface area contributed by atoms with Crippen molar-refractivity contribution in [2.75, 3.05) is 20.8 Å². The van der Waals surface area contributed by atoms with Crippen LogP contribution in [0.4, 0.5) is 0 Å². The molecule has 5 heteroatoms. The molecule has 5 nitrogen and oxygen atoms in total. The number of rotatable bonds is 7. The minimum absolute atomic E-state index is 0.374. The van der Waals surface area contributed by atoms with E-state index in [0.29, 0.717) is 24.5 Å². The predicted octanol–water partition coefficient (Wildman–Crippen LogP) is 0.846. The summed E-state index contributed by atoms with van der Waals surface area (Å²) in [5.74, 6) is 0.981. The van der Waals surface area contributed by atoms with E-state index in [1.165, 1.54) is 0 Å². The fourth-order valence-corrected chi connectivity index (χ4v) is 1.61. The lowest BCUT2D eigenvalue weighted by molar-refractivity contribution is -0.120. The Morgan fingerprint density at radius 2 is 2.17 bits per heavy atom. The standard InChI is InChI=1S/C13H20N2O3/c1-9-4-5-11(12(8-9)17-3)18-7-6-10(15-2)13(14)16/h4-5,8,10,15H,6-7H2,1-3H3,(H2,14,16). The van der Waals surface area contributed by atoms with E-state index in [4.69, 9.17) is 15.2 Å². The molecule has 0 spiro atoms. The van der Waals surface area contributed by atoms with Gasteiger partial charge in [0.25, 0.3) is 0 Å². The van der Waals surface area contributed by atoms with Gasteiger partial charge >= 0.3 is 0 Å². The Morgan fingerprint density at radius 3 is 2.72 bits per heavy atom. The quantitative estimate of drug-likeness (QED) is 0.754. The third kappa shape index (κ3) is 3.92. The topological polar surface area (TPSA) is 73.6 Å². The van der Waals surface area contributed by atoms with Crippen LogP contribution in [0.2, 0.25) is 0 Å². The first-order valence-corrected chi connectivity index (χ1v) is 5.82. The molecule has 0 bridgehead atoms. The average molecular weight is 252 g/mol. The van der Waals surface area contributed by atoms with Crippen LogP contribution in [-0.4, -0.2) is 32.7 Å². The van der Waals surface area contributed by atoms with E-state index in [2.05, 4.69) is 5.32 Å². The van der Waals surface area contributed by atoms with Crippen LogP contribution in [-0.2, 0) is 4.79 Å². The van der Waals surface area contributed by atoms with Crippen molar-refractivity contribution in [3.63, 3.8) is 0 Å². The van der Waals surface area contributed by atoms with E-state index < -0.39 is 0 Å². The Labute approximate surface area is 107 Å². The number of benzene rings is 1. The molecule has 1 atom stereocenters. The minimum Gasteiger partial charge on any atom is -0.493 e. The molecule has 0 saturated heterocycles. The Kier molecular flexibility index (Phi) is 5.45. The normalized spacial score (nSPS) is 11.9. The molecule has 18 heavy (non-hydrogen) atoms. The van der Waals surface area contributed by atoms with Gasteiger partial charge in [0.05, 0.1) is 19.8 Å². The molecule has 1 aromatic carbocycles. The second-order valence-corrected chi connectivity index (χ2v) is 4.04.